The Kier molecular flexibility index (Phi) is 9.17. The number of anilines is 5. The van der Waals surface area contributed by atoms with Gasteiger partial charge in [-0.2, -0.15) is 4.98 Å². The summed E-state index contributed by atoms with van der Waals surface area (Å²) in [6.07, 6.45) is 2.74. The van der Waals surface area contributed by atoms with E-state index in [9.17, 15) is 18.0 Å². The van der Waals surface area contributed by atoms with Gasteiger partial charge in [-0.1, -0.05) is 45.0 Å². The molecule has 3 N–H and O–H groups in total. The van der Waals surface area contributed by atoms with E-state index in [1.807, 2.05) is 32.9 Å². The number of ketones is 1. The standard InChI is InChI=1S/C33H39N7O5S/c1-33(2,3)21-19-26(30(45-5)27(20-21)38-46(6,43)44)36-31(42)29(41)24-11-12-25(23-10-8-7-9-22(23)24)35-28-13-14-34-32(37-28)40-17-15-39(4)16-18-40/h7-14,19-20,38H,15-18H2,1-6H3,(H,36,42)(H,34,35,37). The second kappa shape index (κ2) is 12.9. The van der Waals surface area contributed by atoms with Crippen LogP contribution in [-0.2, 0) is 20.2 Å². The maximum Gasteiger partial charge on any atom is 0.296 e. The van der Waals surface area contributed by atoms with Crippen molar-refractivity contribution in [2.75, 3.05) is 66.8 Å². The number of hydrogen-bond acceptors (Lipinski definition) is 10. The summed E-state index contributed by atoms with van der Waals surface area (Å²) in [7, 11) is -0.209. The molecule has 5 rings (SSSR count). The summed E-state index contributed by atoms with van der Waals surface area (Å²) >= 11 is 0. The first kappa shape index (κ1) is 32.6. The summed E-state index contributed by atoms with van der Waals surface area (Å²) in [5.41, 5.74) is 1.57. The van der Waals surface area contributed by atoms with Crippen molar-refractivity contribution in [1.82, 2.24) is 14.9 Å². The number of aromatic nitrogens is 2. The van der Waals surface area contributed by atoms with Gasteiger partial charge in [-0.3, -0.25) is 14.3 Å². The van der Waals surface area contributed by atoms with Crippen LogP contribution in [-0.4, -0.2) is 81.6 Å². The lowest BCUT2D eigenvalue weighted by molar-refractivity contribution is -0.112. The number of Topliss-reactive ketones (excluding diaryl/α,β-unsaturated/α-hetero) is 1. The molecule has 0 bridgehead atoms. The monoisotopic (exact) mass is 645 g/mol. The van der Waals surface area contributed by atoms with Crippen molar-refractivity contribution in [3.8, 4) is 5.75 Å². The number of carbonyl (C=O) groups excluding carboxylic acids is 2. The molecule has 2 heterocycles. The summed E-state index contributed by atoms with van der Waals surface area (Å²) in [6.45, 7) is 9.39. The van der Waals surface area contributed by atoms with Gasteiger partial charge in [-0.25, -0.2) is 13.4 Å². The number of sulfonamides is 1. The SMILES string of the molecule is COc1c(NC(=O)C(=O)c2ccc(Nc3ccnc(N4CCN(C)CC4)n3)c3ccccc23)cc(C(C)(C)C)cc1NS(C)(=O)=O. The average molecular weight is 646 g/mol. The lowest BCUT2D eigenvalue weighted by atomic mass is 9.86. The zero-order chi connectivity index (χ0) is 33.2. The minimum atomic E-state index is -3.67. The fourth-order valence-corrected chi connectivity index (χ4v) is 5.82. The summed E-state index contributed by atoms with van der Waals surface area (Å²) in [5.74, 6) is -0.317. The van der Waals surface area contributed by atoms with Gasteiger partial charge in [0.25, 0.3) is 11.7 Å². The fourth-order valence-electron chi connectivity index (χ4n) is 5.27. The molecule has 1 saturated heterocycles. The van der Waals surface area contributed by atoms with E-state index < -0.39 is 27.1 Å². The highest BCUT2D eigenvalue weighted by atomic mass is 32.2. The number of benzene rings is 3. The van der Waals surface area contributed by atoms with E-state index in [1.54, 1.807) is 48.7 Å². The third kappa shape index (κ3) is 7.37. The van der Waals surface area contributed by atoms with E-state index in [1.165, 1.54) is 7.11 Å². The summed E-state index contributed by atoms with van der Waals surface area (Å²) in [5, 5.41) is 7.34. The third-order valence-corrected chi connectivity index (χ3v) is 8.36. The van der Waals surface area contributed by atoms with Gasteiger partial charge < -0.3 is 25.2 Å². The topological polar surface area (TPSA) is 146 Å². The number of rotatable bonds is 9. The van der Waals surface area contributed by atoms with Gasteiger partial charge in [0.15, 0.2) is 5.75 Å². The Hall–Kier alpha value is -4.75. The molecular weight excluding hydrogens is 606 g/mol. The molecule has 46 heavy (non-hydrogen) atoms. The average Bonchev–Trinajstić information content (AvgIpc) is 3.00. The number of amides is 1. The second-order valence-electron chi connectivity index (χ2n) is 12.4. The van der Waals surface area contributed by atoms with E-state index in [-0.39, 0.29) is 22.7 Å². The number of piperazine rings is 1. The molecule has 3 aromatic carbocycles. The highest BCUT2D eigenvalue weighted by Crippen LogP contribution is 2.39. The maximum atomic E-state index is 13.7. The highest BCUT2D eigenvalue weighted by Gasteiger charge is 2.26. The number of nitrogens with zero attached hydrogens (tertiary/aromatic N) is 4. The summed E-state index contributed by atoms with van der Waals surface area (Å²) in [4.78, 5) is 40.7. The molecule has 0 unspecified atom stereocenters. The second-order valence-corrected chi connectivity index (χ2v) is 14.1. The Morgan fingerprint density at radius 2 is 1.59 bits per heavy atom. The van der Waals surface area contributed by atoms with Crippen LogP contribution in [0.25, 0.3) is 10.8 Å². The Morgan fingerprint density at radius 1 is 0.913 bits per heavy atom. The predicted octanol–water partition coefficient (Wildman–Crippen LogP) is 4.62. The van der Waals surface area contributed by atoms with Crippen molar-refractivity contribution in [3.63, 3.8) is 0 Å². The number of carbonyl (C=O) groups is 2. The molecule has 1 fully saturated rings. The predicted molar refractivity (Wildman–Crippen MR) is 182 cm³/mol. The first-order chi connectivity index (χ1) is 21.7. The molecule has 1 aliphatic rings. The minimum absolute atomic E-state index is 0.0878. The normalized spacial score (nSPS) is 14.2. The van der Waals surface area contributed by atoms with Crippen molar-refractivity contribution in [1.29, 1.82) is 0 Å². The summed E-state index contributed by atoms with van der Waals surface area (Å²) in [6, 6.07) is 15.8. The van der Waals surface area contributed by atoms with Crippen molar-refractivity contribution in [3.05, 3.63) is 71.9 Å². The molecule has 0 atom stereocenters. The van der Waals surface area contributed by atoms with Gasteiger partial charge in [0.1, 0.15) is 5.82 Å². The molecule has 1 aromatic heterocycles. The first-order valence-electron chi connectivity index (χ1n) is 14.8. The van der Waals surface area contributed by atoms with E-state index >= 15 is 0 Å². The molecule has 1 amide bonds. The smallest absolute Gasteiger partial charge is 0.296 e. The Morgan fingerprint density at radius 3 is 2.24 bits per heavy atom. The van der Waals surface area contributed by atoms with Crippen LogP contribution in [0, 0.1) is 0 Å². The van der Waals surface area contributed by atoms with Crippen molar-refractivity contribution in [2.24, 2.45) is 0 Å². The van der Waals surface area contributed by atoms with Crippen molar-refractivity contribution < 1.29 is 22.7 Å². The van der Waals surface area contributed by atoms with E-state index in [2.05, 4.69) is 37.2 Å². The molecule has 0 radical (unpaired) electrons. The van der Waals surface area contributed by atoms with Crippen LogP contribution in [0.4, 0.5) is 28.8 Å². The van der Waals surface area contributed by atoms with Gasteiger partial charge in [0, 0.05) is 49.0 Å². The van der Waals surface area contributed by atoms with Gasteiger partial charge in [-0.15, -0.1) is 0 Å². The molecule has 0 saturated carbocycles. The number of methoxy groups -OCH3 is 1. The number of hydrogen-bond donors (Lipinski definition) is 3. The van der Waals surface area contributed by atoms with Gasteiger partial charge in [-0.05, 0) is 53.7 Å². The van der Waals surface area contributed by atoms with Gasteiger partial charge in [0.05, 0.1) is 24.7 Å². The lowest BCUT2D eigenvalue weighted by Crippen LogP contribution is -2.45. The number of likely N-dealkylation sites (N-methyl/N-ethyl adjacent to an activating group) is 1. The number of fused-ring (bicyclic) bond motifs is 1. The largest absolute Gasteiger partial charge is 0.492 e. The third-order valence-electron chi connectivity index (χ3n) is 7.77. The molecule has 13 heteroatoms. The van der Waals surface area contributed by atoms with Crippen molar-refractivity contribution in [2.45, 2.75) is 26.2 Å². The Labute approximate surface area is 269 Å². The van der Waals surface area contributed by atoms with E-state index in [0.29, 0.717) is 22.8 Å². The van der Waals surface area contributed by atoms with Crippen LogP contribution in [0.2, 0.25) is 0 Å². The van der Waals surface area contributed by atoms with Gasteiger partial charge >= 0.3 is 0 Å². The fraction of sp³-hybridized carbons (Fsp3) is 0.333. The molecule has 1 aliphatic heterocycles. The van der Waals surface area contributed by atoms with Gasteiger partial charge in [0.2, 0.25) is 16.0 Å². The number of ether oxygens (including phenoxy) is 1. The van der Waals surface area contributed by atoms with Crippen LogP contribution in [0.15, 0.2) is 60.8 Å². The number of nitrogens with one attached hydrogen (secondary N) is 3. The molecule has 12 nitrogen and oxygen atoms in total. The zero-order valence-electron chi connectivity index (χ0n) is 26.8. The van der Waals surface area contributed by atoms with Crippen molar-refractivity contribution >= 4 is 61.3 Å². The lowest BCUT2D eigenvalue weighted by Gasteiger charge is -2.32. The Balaban J connectivity index is 1.44. The molecule has 0 aliphatic carbocycles. The molecule has 0 spiro atoms. The highest BCUT2D eigenvalue weighted by molar-refractivity contribution is 7.92. The zero-order valence-corrected chi connectivity index (χ0v) is 27.7. The molecule has 4 aromatic rings. The van der Waals surface area contributed by atoms with Crippen LogP contribution < -0.4 is 25.0 Å². The first-order valence-corrected chi connectivity index (χ1v) is 16.7. The molecular formula is C33H39N7O5S. The van der Waals surface area contributed by atoms with E-state index in [4.69, 9.17) is 9.72 Å². The minimum Gasteiger partial charge on any atom is -0.492 e. The van der Waals surface area contributed by atoms with Crippen LogP contribution >= 0.6 is 0 Å². The maximum absolute atomic E-state index is 13.7. The summed E-state index contributed by atoms with van der Waals surface area (Å²) < 4.78 is 32.1. The van der Waals surface area contributed by atoms with Crippen LogP contribution in [0.3, 0.4) is 0 Å². The quantitative estimate of drug-likeness (QED) is 0.174. The Bertz CT molecular complexity index is 1900. The van der Waals surface area contributed by atoms with E-state index in [0.717, 1.165) is 43.4 Å². The molecule has 242 valence electrons. The van der Waals surface area contributed by atoms with Crippen LogP contribution in [0.5, 0.6) is 5.75 Å². The van der Waals surface area contributed by atoms with Crippen LogP contribution in [0.1, 0.15) is 36.7 Å².